The number of nitrogens with zero attached hydrogens (tertiary/aromatic N) is 3. The summed E-state index contributed by atoms with van der Waals surface area (Å²) in [6.45, 7) is 11.9. The van der Waals surface area contributed by atoms with E-state index in [2.05, 4.69) is 43.6 Å². The largest absolute Gasteiger partial charge is 0.490 e. The summed E-state index contributed by atoms with van der Waals surface area (Å²) in [5, 5.41) is 5.00. The lowest BCUT2D eigenvalue weighted by atomic mass is 9.95. The van der Waals surface area contributed by atoms with Gasteiger partial charge < -0.3 is 14.2 Å². The zero-order chi connectivity index (χ0) is 26.6. The predicted molar refractivity (Wildman–Crippen MR) is 152 cm³/mol. The molecule has 0 saturated carbocycles. The summed E-state index contributed by atoms with van der Waals surface area (Å²) in [5.41, 5.74) is 0.624. The van der Waals surface area contributed by atoms with Crippen molar-refractivity contribution in [2.45, 2.75) is 53.1 Å². The summed E-state index contributed by atoms with van der Waals surface area (Å²) in [5.74, 6) is 0.998. The number of halogens is 2. The number of esters is 1. The van der Waals surface area contributed by atoms with Crippen LogP contribution in [0.1, 0.15) is 52.9 Å². The van der Waals surface area contributed by atoms with Crippen LogP contribution in [0.4, 0.5) is 0 Å². The lowest BCUT2D eigenvalue weighted by Gasteiger charge is -2.21. The highest BCUT2D eigenvalue weighted by Gasteiger charge is 2.23. The van der Waals surface area contributed by atoms with Gasteiger partial charge in [0.05, 0.1) is 33.9 Å². The Balaban J connectivity index is 2.08. The molecule has 1 heterocycles. The monoisotopic (exact) mass is 669 g/mol. The Labute approximate surface area is 232 Å². The van der Waals surface area contributed by atoms with Crippen LogP contribution in [-0.2, 0) is 14.9 Å². The van der Waals surface area contributed by atoms with Crippen LogP contribution in [-0.4, -0.2) is 41.2 Å². The van der Waals surface area contributed by atoms with Crippen molar-refractivity contribution in [1.82, 2.24) is 9.66 Å². The van der Waals surface area contributed by atoms with E-state index >= 15 is 0 Å². The summed E-state index contributed by atoms with van der Waals surface area (Å²) in [4.78, 5) is 30.2. The third kappa shape index (κ3) is 6.44. The molecule has 10 heteroatoms. The first kappa shape index (κ1) is 28.1. The third-order valence-electron chi connectivity index (χ3n) is 5.05. The number of aromatic nitrogens is 2. The molecule has 0 bridgehead atoms. The fourth-order valence-corrected chi connectivity index (χ4v) is 4.50. The van der Waals surface area contributed by atoms with Gasteiger partial charge in [-0.1, -0.05) is 36.7 Å². The molecule has 2 aromatic carbocycles. The van der Waals surface area contributed by atoms with Crippen molar-refractivity contribution in [3.05, 3.63) is 60.1 Å². The van der Waals surface area contributed by atoms with Crippen LogP contribution in [0, 0.1) is 3.57 Å². The number of ether oxygens (including phenoxy) is 3. The van der Waals surface area contributed by atoms with E-state index in [9.17, 15) is 9.59 Å². The number of carbonyl (C=O) groups excluding carboxylic acids is 1. The third-order valence-corrected chi connectivity index (χ3v) is 6.34. The lowest BCUT2D eigenvalue weighted by Crippen LogP contribution is -2.29. The molecule has 0 aliphatic heterocycles. The van der Waals surface area contributed by atoms with Gasteiger partial charge in [0.15, 0.2) is 17.6 Å². The molecule has 3 aromatic rings. The molecule has 0 unspecified atom stereocenters. The van der Waals surface area contributed by atoms with Crippen molar-refractivity contribution in [3.63, 3.8) is 0 Å². The van der Waals surface area contributed by atoms with E-state index < -0.39 is 17.5 Å². The maximum Gasteiger partial charge on any atom is 0.347 e. The second kappa shape index (κ2) is 11.7. The average molecular weight is 670 g/mol. The fourth-order valence-electron chi connectivity index (χ4n) is 3.39. The average Bonchev–Trinajstić information content (AvgIpc) is 2.80. The van der Waals surface area contributed by atoms with E-state index in [0.717, 1.165) is 8.04 Å². The van der Waals surface area contributed by atoms with E-state index in [1.807, 2.05) is 45.9 Å². The standard InChI is InChI=1S/C26H29BrIN3O5/c1-7-34-21-12-16(11-19(28)22(21)36-15(3)24(33)35-8-2)14-29-31-23(32)18-13-17(27)9-10-20(18)30-25(31)26(4,5)6/h9-15H,7-8H2,1-6H3/t15-/m1/s1. The van der Waals surface area contributed by atoms with Crippen molar-refractivity contribution in [1.29, 1.82) is 0 Å². The summed E-state index contributed by atoms with van der Waals surface area (Å²) in [6.07, 6.45) is 0.791. The smallest absolute Gasteiger partial charge is 0.347 e. The van der Waals surface area contributed by atoms with Gasteiger partial charge in [-0.2, -0.15) is 9.78 Å². The van der Waals surface area contributed by atoms with Gasteiger partial charge in [-0.3, -0.25) is 4.79 Å². The molecular formula is C26H29BrIN3O5. The van der Waals surface area contributed by atoms with Gasteiger partial charge in [-0.15, -0.1) is 0 Å². The Kier molecular flexibility index (Phi) is 9.15. The molecule has 1 aromatic heterocycles. The number of hydrogen-bond donors (Lipinski definition) is 0. The van der Waals surface area contributed by atoms with E-state index in [1.165, 1.54) is 4.68 Å². The summed E-state index contributed by atoms with van der Waals surface area (Å²) in [7, 11) is 0. The molecule has 0 aliphatic rings. The molecule has 0 saturated heterocycles. The summed E-state index contributed by atoms with van der Waals surface area (Å²) >= 11 is 5.55. The van der Waals surface area contributed by atoms with E-state index in [0.29, 0.717) is 40.4 Å². The van der Waals surface area contributed by atoms with E-state index in [-0.39, 0.29) is 12.2 Å². The molecular weight excluding hydrogens is 641 g/mol. The quantitative estimate of drug-likeness (QED) is 0.174. The minimum atomic E-state index is -0.798. The first-order valence-electron chi connectivity index (χ1n) is 11.5. The normalized spacial score (nSPS) is 12.7. The number of fused-ring (bicyclic) bond motifs is 1. The van der Waals surface area contributed by atoms with Gasteiger partial charge in [0.1, 0.15) is 5.82 Å². The molecule has 3 rings (SSSR count). The van der Waals surface area contributed by atoms with Gasteiger partial charge in [0.2, 0.25) is 0 Å². The van der Waals surface area contributed by atoms with Crippen molar-refractivity contribution >= 4 is 61.6 Å². The fraction of sp³-hybridized carbons (Fsp3) is 0.385. The van der Waals surface area contributed by atoms with Crippen LogP contribution < -0.4 is 15.0 Å². The van der Waals surface area contributed by atoms with Gasteiger partial charge in [0, 0.05) is 9.89 Å². The van der Waals surface area contributed by atoms with Gasteiger partial charge in [-0.05, 0) is 79.3 Å². The molecule has 8 nitrogen and oxygen atoms in total. The molecule has 36 heavy (non-hydrogen) atoms. The highest BCUT2D eigenvalue weighted by molar-refractivity contribution is 14.1. The van der Waals surface area contributed by atoms with Crippen molar-refractivity contribution in [3.8, 4) is 11.5 Å². The van der Waals surface area contributed by atoms with Crippen molar-refractivity contribution in [2.75, 3.05) is 13.2 Å². The topological polar surface area (TPSA) is 92.0 Å². The second-order valence-electron chi connectivity index (χ2n) is 8.98. The van der Waals surface area contributed by atoms with Crippen LogP contribution in [0.3, 0.4) is 0 Å². The number of hydrogen-bond acceptors (Lipinski definition) is 7. The van der Waals surface area contributed by atoms with Gasteiger partial charge >= 0.3 is 5.97 Å². The minimum absolute atomic E-state index is 0.259. The van der Waals surface area contributed by atoms with E-state index in [4.69, 9.17) is 19.2 Å². The Morgan fingerprint density at radius 2 is 1.94 bits per heavy atom. The first-order valence-corrected chi connectivity index (χ1v) is 13.4. The molecule has 1 atom stereocenters. The maximum atomic E-state index is 13.4. The van der Waals surface area contributed by atoms with Gasteiger partial charge in [-0.25, -0.2) is 9.78 Å². The predicted octanol–water partition coefficient (Wildman–Crippen LogP) is 5.67. The highest BCUT2D eigenvalue weighted by atomic mass is 127. The molecule has 0 aliphatic carbocycles. The Morgan fingerprint density at radius 1 is 1.22 bits per heavy atom. The van der Waals surface area contributed by atoms with Crippen LogP contribution in [0.15, 0.2) is 44.7 Å². The van der Waals surface area contributed by atoms with Crippen LogP contribution in [0.25, 0.3) is 10.9 Å². The van der Waals surface area contributed by atoms with Gasteiger partial charge in [0.25, 0.3) is 5.56 Å². The molecule has 0 amide bonds. The van der Waals surface area contributed by atoms with Crippen LogP contribution in [0.5, 0.6) is 11.5 Å². The summed E-state index contributed by atoms with van der Waals surface area (Å²) in [6, 6.07) is 9.02. The van der Waals surface area contributed by atoms with Crippen molar-refractivity contribution < 1.29 is 19.0 Å². The van der Waals surface area contributed by atoms with Crippen LogP contribution in [0.2, 0.25) is 0 Å². The first-order chi connectivity index (χ1) is 17.0. The summed E-state index contributed by atoms with van der Waals surface area (Å²) < 4.78 is 19.6. The maximum absolute atomic E-state index is 13.4. The molecule has 0 fully saturated rings. The lowest BCUT2D eigenvalue weighted by molar-refractivity contribution is -0.150. The molecule has 192 valence electrons. The van der Waals surface area contributed by atoms with E-state index in [1.54, 1.807) is 32.2 Å². The van der Waals surface area contributed by atoms with Crippen LogP contribution >= 0.6 is 38.5 Å². The Bertz CT molecular complexity index is 1360. The molecule has 0 N–H and O–H groups in total. The molecule has 0 radical (unpaired) electrons. The zero-order valence-electron chi connectivity index (χ0n) is 21.1. The zero-order valence-corrected chi connectivity index (χ0v) is 24.8. The Morgan fingerprint density at radius 3 is 2.58 bits per heavy atom. The number of carbonyl (C=O) groups is 1. The number of rotatable bonds is 8. The second-order valence-corrected chi connectivity index (χ2v) is 11.1. The minimum Gasteiger partial charge on any atom is -0.490 e. The highest BCUT2D eigenvalue weighted by Crippen LogP contribution is 2.35. The van der Waals surface area contributed by atoms with Crippen molar-refractivity contribution in [2.24, 2.45) is 5.10 Å². The SMILES string of the molecule is CCOC(=O)[C@@H](C)Oc1c(I)cc(C=Nn2c(C(C)(C)C)nc3ccc(Br)cc3c2=O)cc1OCC. The number of benzene rings is 2. The molecule has 0 spiro atoms. The Hall–Kier alpha value is -2.47.